The predicted molar refractivity (Wildman–Crippen MR) is 67.0 cm³/mol. The van der Waals surface area contributed by atoms with Crippen molar-refractivity contribution < 1.29 is 9.47 Å². The molecule has 2 fully saturated rings. The van der Waals surface area contributed by atoms with Crippen LogP contribution in [0.2, 0.25) is 0 Å². The first-order valence-corrected chi connectivity index (χ1v) is 5.95. The second-order valence-corrected chi connectivity index (χ2v) is 5.91. The van der Waals surface area contributed by atoms with E-state index in [4.69, 9.17) is 15.2 Å². The normalized spacial score (nSPS) is 33.0. The summed E-state index contributed by atoms with van der Waals surface area (Å²) in [6.07, 6.45) is 3.48. The van der Waals surface area contributed by atoms with E-state index in [-0.39, 0.29) is 23.4 Å². The molecule has 0 amide bonds. The van der Waals surface area contributed by atoms with Crippen LogP contribution in [-0.4, -0.2) is 31.0 Å². The third kappa shape index (κ3) is 2.53. The van der Waals surface area contributed by atoms with Gasteiger partial charge in [-0.3, -0.25) is 0 Å². The molecule has 2 unspecified atom stereocenters. The highest BCUT2D eigenvalue weighted by Crippen LogP contribution is 2.50. The van der Waals surface area contributed by atoms with Crippen LogP contribution in [0.4, 0.5) is 0 Å². The molecule has 4 heteroatoms. The molecule has 1 saturated carbocycles. The summed E-state index contributed by atoms with van der Waals surface area (Å²) in [5.41, 5.74) is 6.32. The molecule has 2 atom stereocenters. The Morgan fingerprint density at radius 3 is 2.25 bits per heavy atom. The highest BCUT2D eigenvalue weighted by Gasteiger charge is 2.55. The molecular formula is C12H24ClNO2. The van der Waals surface area contributed by atoms with Gasteiger partial charge in [0.25, 0.3) is 0 Å². The van der Waals surface area contributed by atoms with Crippen molar-refractivity contribution in [3.05, 3.63) is 0 Å². The van der Waals surface area contributed by atoms with E-state index in [0.29, 0.717) is 12.1 Å². The van der Waals surface area contributed by atoms with Gasteiger partial charge in [-0.05, 0) is 40.0 Å². The van der Waals surface area contributed by atoms with Crippen molar-refractivity contribution in [1.82, 2.24) is 0 Å². The fourth-order valence-electron chi connectivity index (χ4n) is 2.81. The van der Waals surface area contributed by atoms with Crippen molar-refractivity contribution in [2.24, 2.45) is 11.1 Å². The Bertz CT molecular complexity index is 234. The zero-order valence-electron chi connectivity index (χ0n) is 10.5. The second kappa shape index (κ2) is 4.81. The zero-order chi connectivity index (χ0) is 11.1. The lowest BCUT2D eigenvalue weighted by Gasteiger charge is -2.57. The number of ether oxygens (including phenoxy) is 2. The molecule has 0 aromatic rings. The average Bonchev–Trinajstić information content (AvgIpc) is 2.17. The molecule has 0 aromatic heterocycles. The SMILES string of the molecule is CC(C)(C)OC1CC(N)C12CCOCC2.Cl. The summed E-state index contributed by atoms with van der Waals surface area (Å²) >= 11 is 0. The van der Waals surface area contributed by atoms with Crippen molar-refractivity contribution in [1.29, 1.82) is 0 Å². The van der Waals surface area contributed by atoms with Crippen molar-refractivity contribution in [3.8, 4) is 0 Å². The van der Waals surface area contributed by atoms with Gasteiger partial charge in [0.2, 0.25) is 0 Å². The molecule has 2 rings (SSSR count). The van der Waals surface area contributed by atoms with E-state index in [1.807, 2.05) is 0 Å². The van der Waals surface area contributed by atoms with E-state index in [9.17, 15) is 0 Å². The maximum atomic E-state index is 6.16. The van der Waals surface area contributed by atoms with Gasteiger partial charge in [-0.1, -0.05) is 0 Å². The lowest BCUT2D eigenvalue weighted by molar-refractivity contribution is -0.205. The molecule has 0 radical (unpaired) electrons. The molecule has 1 heterocycles. The fraction of sp³-hybridized carbons (Fsp3) is 1.00. The van der Waals surface area contributed by atoms with Crippen LogP contribution < -0.4 is 5.73 Å². The Kier molecular flexibility index (Phi) is 4.28. The first kappa shape index (κ1) is 14.2. The highest BCUT2D eigenvalue weighted by molar-refractivity contribution is 5.85. The predicted octanol–water partition coefficient (Wildman–Crippen LogP) is 2.12. The van der Waals surface area contributed by atoms with E-state index < -0.39 is 0 Å². The van der Waals surface area contributed by atoms with Crippen LogP contribution in [0, 0.1) is 5.41 Å². The lowest BCUT2D eigenvalue weighted by atomic mass is 9.58. The van der Waals surface area contributed by atoms with Gasteiger partial charge in [0.15, 0.2) is 0 Å². The van der Waals surface area contributed by atoms with Gasteiger partial charge in [0.05, 0.1) is 11.7 Å². The lowest BCUT2D eigenvalue weighted by Crippen LogP contribution is -2.65. The summed E-state index contributed by atoms with van der Waals surface area (Å²) in [4.78, 5) is 0. The van der Waals surface area contributed by atoms with Crippen LogP contribution in [0.25, 0.3) is 0 Å². The van der Waals surface area contributed by atoms with E-state index in [1.54, 1.807) is 0 Å². The smallest absolute Gasteiger partial charge is 0.0669 e. The van der Waals surface area contributed by atoms with Gasteiger partial charge in [-0.15, -0.1) is 12.4 Å². The minimum atomic E-state index is -0.0594. The van der Waals surface area contributed by atoms with Gasteiger partial charge in [-0.2, -0.15) is 0 Å². The van der Waals surface area contributed by atoms with Gasteiger partial charge in [0, 0.05) is 24.7 Å². The Hall–Kier alpha value is 0.170. The van der Waals surface area contributed by atoms with Gasteiger partial charge in [0.1, 0.15) is 0 Å². The van der Waals surface area contributed by atoms with Crippen molar-refractivity contribution >= 4 is 12.4 Å². The topological polar surface area (TPSA) is 44.5 Å². The minimum Gasteiger partial charge on any atom is -0.381 e. The number of halogens is 1. The largest absolute Gasteiger partial charge is 0.381 e. The monoisotopic (exact) mass is 249 g/mol. The molecule has 1 aliphatic carbocycles. The van der Waals surface area contributed by atoms with Crippen LogP contribution in [0.3, 0.4) is 0 Å². The molecule has 3 nitrogen and oxygen atoms in total. The van der Waals surface area contributed by atoms with E-state index >= 15 is 0 Å². The Labute approximate surface area is 104 Å². The van der Waals surface area contributed by atoms with Crippen molar-refractivity contribution in [2.45, 2.75) is 57.8 Å². The van der Waals surface area contributed by atoms with Crippen LogP contribution in [0.5, 0.6) is 0 Å². The Balaban J connectivity index is 0.00000128. The van der Waals surface area contributed by atoms with Crippen LogP contribution in [0.15, 0.2) is 0 Å². The highest BCUT2D eigenvalue weighted by atomic mass is 35.5. The number of hydrogen-bond acceptors (Lipinski definition) is 3. The molecule has 2 N–H and O–H groups in total. The third-order valence-corrected chi connectivity index (χ3v) is 3.77. The summed E-state index contributed by atoms with van der Waals surface area (Å²) < 4.78 is 11.5. The zero-order valence-corrected chi connectivity index (χ0v) is 11.3. The van der Waals surface area contributed by atoms with E-state index in [1.165, 1.54) is 0 Å². The molecule has 1 saturated heterocycles. The number of nitrogens with two attached hydrogens (primary N) is 1. The summed E-state index contributed by atoms with van der Waals surface area (Å²) in [6, 6.07) is 0.314. The minimum absolute atomic E-state index is 0. The number of hydrogen-bond donors (Lipinski definition) is 1. The van der Waals surface area contributed by atoms with E-state index in [0.717, 1.165) is 32.5 Å². The summed E-state index contributed by atoms with van der Waals surface area (Å²) in [5.74, 6) is 0. The van der Waals surface area contributed by atoms with Crippen molar-refractivity contribution in [3.63, 3.8) is 0 Å². The van der Waals surface area contributed by atoms with Gasteiger partial charge in [-0.25, -0.2) is 0 Å². The van der Waals surface area contributed by atoms with Crippen LogP contribution in [-0.2, 0) is 9.47 Å². The standard InChI is InChI=1S/C12H23NO2.ClH/c1-11(2,3)15-10-8-9(13)12(10)4-6-14-7-5-12;/h9-10H,4-8,13H2,1-3H3;1H. The molecule has 2 aliphatic rings. The Morgan fingerprint density at radius 1 is 1.25 bits per heavy atom. The summed E-state index contributed by atoms with van der Waals surface area (Å²) in [5, 5.41) is 0. The molecule has 1 aliphatic heterocycles. The van der Waals surface area contributed by atoms with E-state index in [2.05, 4.69) is 20.8 Å². The molecule has 0 bridgehead atoms. The third-order valence-electron chi connectivity index (χ3n) is 3.77. The van der Waals surface area contributed by atoms with Crippen LogP contribution in [0.1, 0.15) is 40.0 Å². The molecule has 1 spiro atoms. The van der Waals surface area contributed by atoms with Gasteiger partial charge >= 0.3 is 0 Å². The number of rotatable bonds is 1. The first-order valence-electron chi connectivity index (χ1n) is 5.95. The van der Waals surface area contributed by atoms with Crippen LogP contribution >= 0.6 is 12.4 Å². The average molecular weight is 250 g/mol. The maximum Gasteiger partial charge on any atom is 0.0669 e. The molecular weight excluding hydrogens is 226 g/mol. The molecule has 96 valence electrons. The first-order chi connectivity index (χ1) is 6.94. The maximum absolute atomic E-state index is 6.16. The van der Waals surface area contributed by atoms with Crippen molar-refractivity contribution in [2.75, 3.05) is 13.2 Å². The second-order valence-electron chi connectivity index (χ2n) is 5.91. The molecule has 16 heavy (non-hydrogen) atoms. The summed E-state index contributed by atoms with van der Waals surface area (Å²) in [7, 11) is 0. The summed E-state index contributed by atoms with van der Waals surface area (Å²) in [6.45, 7) is 8.03. The molecule has 0 aromatic carbocycles. The Morgan fingerprint density at radius 2 is 1.81 bits per heavy atom. The fourth-order valence-corrected chi connectivity index (χ4v) is 2.81. The quantitative estimate of drug-likeness (QED) is 0.774. The van der Waals surface area contributed by atoms with Gasteiger partial charge < -0.3 is 15.2 Å².